The highest BCUT2D eigenvalue weighted by atomic mass is 32.1. The molecule has 5 nitrogen and oxygen atoms in total. The van der Waals surface area contributed by atoms with E-state index in [0.29, 0.717) is 17.5 Å². The number of fused-ring (bicyclic) bond motifs is 1. The molecule has 0 aliphatic heterocycles. The zero-order valence-electron chi connectivity index (χ0n) is 13.7. The molecule has 4 rings (SSSR count). The number of methoxy groups -OCH3 is 1. The summed E-state index contributed by atoms with van der Waals surface area (Å²) in [6, 6.07) is 6.20. The summed E-state index contributed by atoms with van der Waals surface area (Å²) in [5, 5.41) is 12.9. The Morgan fingerprint density at radius 3 is 3.00 bits per heavy atom. The van der Waals surface area contributed by atoms with E-state index in [1.807, 2.05) is 6.07 Å². The van der Waals surface area contributed by atoms with Gasteiger partial charge in [-0.15, -0.1) is 10.2 Å². The minimum Gasteiger partial charge on any atom is -0.497 e. The zero-order valence-corrected chi connectivity index (χ0v) is 14.6. The first-order valence-corrected chi connectivity index (χ1v) is 9.34. The number of hydrogen-bond acceptors (Lipinski definition) is 5. The molecule has 1 N–H and O–H groups in total. The third kappa shape index (κ3) is 3.29. The van der Waals surface area contributed by atoms with E-state index >= 15 is 0 Å². The highest BCUT2D eigenvalue weighted by Gasteiger charge is 2.28. The van der Waals surface area contributed by atoms with Gasteiger partial charge in [0.05, 0.1) is 7.11 Å². The molecule has 1 heterocycles. The first-order chi connectivity index (χ1) is 11.7. The standard InChI is InChI=1S/C18H21N3O2S/c1-23-14-7-8-15-12(9-14)3-2-4-13(15)10-16(22)19-18-21-20-17(24-18)11-5-6-11/h7-9,11,13H,2-6,10H2,1H3,(H,19,21,22). The van der Waals surface area contributed by atoms with Crippen LogP contribution in [0.25, 0.3) is 0 Å². The van der Waals surface area contributed by atoms with Gasteiger partial charge in [0.25, 0.3) is 0 Å². The molecular weight excluding hydrogens is 322 g/mol. The number of nitrogens with zero attached hydrogens (tertiary/aromatic N) is 2. The van der Waals surface area contributed by atoms with E-state index in [2.05, 4.69) is 27.6 Å². The average Bonchev–Trinajstić information content (AvgIpc) is 3.34. The number of anilines is 1. The molecule has 126 valence electrons. The van der Waals surface area contributed by atoms with Gasteiger partial charge in [0, 0.05) is 12.3 Å². The third-order valence-electron chi connectivity index (χ3n) is 4.83. The Balaban J connectivity index is 1.42. The maximum absolute atomic E-state index is 12.4. The fourth-order valence-corrected chi connectivity index (χ4v) is 4.33. The molecular formula is C18H21N3O2S. The largest absolute Gasteiger partial charge is 0.497 e. The predicted octanol–water partition coefficient (Wildman–Crippen LogP) is 3.87. The van der Waals surface area contributed by atoms with E-state index in [-0.39, 0.29) is 11.8 Å². The third-order valence-corrected chi connectivity index (χ3v) is 5.84. The van der Waals surface area contributed by atoms with Crippen LogP contribution in [0, 0.1) is 0 Å². The molecule has 24 heavy (non-hydrogen) atoms. The van der Waals surface area contributed by atoms with E-state index in [1.165, 1.54) is 35.3 Å². The number of aromatic nitrogens is 2. The molecule has 1 atom stereocenters. The fraction of sp³-hybridized carbons (Fsp3) is 0.500. The molecule has 1 amide bonds. The van der Waals surface area contributed by atoms with Gasteiger partial charge in [-0.1, -0.05) is 17.4 Å². The van der Waals surface area contributed by atoms with E-state index in [4.69, 9.17) is 4.74 Å². The quantitative estimate of drug-likeness (QED) is 0.895. The molecule has 1 aromatic heterocycles. The van der Waals surface area contributed by atoms with Gasteiger partial charge in [0.1, 0.15) is 10.8 Å². The topological polar surface area (TPSA) is 64.1 Å². The van der Waals surface area contributed by atoms with Crippen molar-refractivity contribution in [2.45, 2.75) is 50.4 Å². The molecule has 1 fully saturated rings. The van der Waals surface area contributed by atoms with Crippen LogP contribution in [0.5, 0.6) is 5.75 Å². The molecule has 6 heteroatoms. The van der Waals surface area contributed by atoms with E-state index < -0.39 is 0 Å². The monoisotopic (exact) mass is 343 g/mol. The van der Waals surface area contributed by atoms with Gasteiger partial charge in [0.15, 0.2) is 0 Å². The second-order valence-electron chi connectivity index (χ2n) is 6.63. The van der Waals surface area contributed by atoms with Crippen LogP contribution in [-0.4, -0.2) is 23.2 Å². The predicted molar refractivity (Wildman–Crippen MR) is 93.8 cm³/mol. The number of nitrogens with one attached hydrogen (secondary N) is 1. The van der Waals surface area contributed by atoms with Crippen molar-refractivity contribution in [3.05, 3.63) is 34.3 Å². The van der Waals surface area contributed by atoms with E-state index in [1.54, 1.807) is 7.11 Å². The molecule has 1 aromatic carbocycles. The minimum absolute atomic E-state index is 0.0298. The van der Waals surface area contributed by atoms with Crippen molar-refractivity contribution in [3.8, 4) is 5.75 Å². The van der Waals surface area contributed by atoms with E-state index in [0.717, 1.165) is 30.0 Å². The van der Waals surface area contributed by atoms with Gasteiger partial charge in [-0.05, 0) is 61.3 Å². The van der Waals surface area contributed by atoms with Crippen LogP contribution in [0.1, 0.15) is 60.1 Å². The molecule has 0 bridgehead atoms. The highest BCUT2D eigenvalue weighted by molar-refractivity contribution is 7.15. The minimum atomic E-state index is 0.0298. The van der Waals surface area contributed by atoms with E-state index in [9.17, 15) is 4.79 Å². The number of hydrogen-bond donors (Lipinski definition) is 1. The lowest BCUT2D eigenvalue weighted by molar-refractivity contribution is -0.116. The second-order valence-corrected chi connectivity index (χ2v) is 7.64. The Labute approximate surface area is 145 Å². The van der Waals surface area contributed by atoms with Crippen LogP contribution in [-0.2, 0) is 11.2 Å². The van der Waals surface area contributed by atoms with Crippen molar-refractivity contribution in [2.75, 3.05) is 12.4 Å². The van der Waals surface area contributed by atoms with Crippen molar-refractivity contribution >= 4 is 22.4 Å². The van der Waals surface area contributed by atoms with Crippen molar-refractivity contribution in [1.82, 2.24) is 10.2 Å². The van der Waals surface area contributed by atoms with Crippen LogP contribution in [0.3, 0.4) is 0 Å². The number of aryl methyl sites for hydroxylation is 1. The number of amides is 1. The molecule has 1 unspecified atom stereocenters. The Bertz CT molecular complexity index is 754. The van der Waals surface area contributed by atoms with Gasteiger partial charge in [0.2, 0.25) is 11.0 Å². The fourth-order valence-electron chi connectivity index (χ4n) is 3.40. The van der Waals surface area contributed by atoms with Crippen LogP contribution < -0.4 is 10.1 Å². The Hall–Kier alpha value is -1.95. The smallest absolute Gasteiger partial charge is 0.226 e. The Kier molecular flexibility index (Phi) is 4.22. The van der Waals surface area contributed by atoms with Crippen LogP contribution in [0.4, 0.5) is 5.13 Å². The lowest BCUT2D eigenvalue weighted by Gasteiger charge is -2.25. The van der Waals surface area contributed by atoms with Crippen molar-refractivity contribution in [3.63, 3.8) is 0 Å². The average molecular weight is 343 g/mol. The van der Waals surface area contributed by atoms with Crippen LogP contribution in [0.2, 0.25) is 0 Å². The number of ether oxygens (including phenoxy) is 1. The second kappa shape index (κ2) is 6.51. The summed E-state index contributed by atoms with van der Waals surface area (Å²) in [7, 11) is 1.69. The van der Waals surface area contributed by atoms with Gasteiger partial charge in [-0.3, -0.25) is 4.79 Å². The number of carbonyl (C=O) groups excluding carboxylic acids is 1. The lowest BCUT2D eigenvalue weighted by Crippen LogP contribution is -2.18. The summed E-state index contributed by atoms with van der Waals surface area (Å²) in [5.74, 6) is 1.77. The lowest BCUT2D eigenvalue weighted by atomic mass is 9.81. The van der Waals surface area contributed by atoms with Crippen molar-refractivity contribution < 1.29 is 9.53 Å². The highest BCUT2D eigenvalue weighted by Crippen LogP contribution is 2.42. The number of carbonyl (C=O) groups is 1. The summed E-state index contributed by atoms with van der Waals surface area (Å²) in [4.78, 5) is 12.4. The van der Waals surface area contributed by atoms with Gasteiger partial charge in [-0.25, -0.2) is 0 Å². The van der Waals surface area contributed by atoms with Gasteiger partial charge < -0.3 is 10.1 Å². The Morgan fingerprint density at radius 1 is 1.33 bits per heavy atom. The maximum Gasteiger partial charge on any atom is 0.226 e. The maximum atomic E-state index is 12.4. The molecule has 2 aromatic rings. The van der Waals surface area contributed by atoms with Gasteiger partial charge in [-0.2, -0.15) is 0 Å². The summed E-state index contributed by atoms with van der Waals surface area (Å²) >= 11 is 1.51. The van der Waals surface area contributed by atoms with Gasteiger partial charge >= 0.3 is 0 Å². The number of rotatable bonds is 5. The Morgan fingerprint density at radius 2 is 2.21 bits per heavy atom. The molecule has 2 aliphatic rings. The SMILES string of the molecule is COc1ccc2c(c1)CCCC2CC(=O)Nc1nnc(C2CC2)s1. The van der Waals surface area contributed by atoms with Crippen molar-refractivity contribution in [1.29, 1.82) is 0 Å². The summed E-state index contributed by atoms with van der Waals surface area (Å²) < 4.78 is 5.31. The number of benzene rings is 1. The molecule has 1 saturated carbocycles. The molecule has 0 saturated heterocycles. The normalized spacial score (nSPS) is 19.6. The van der Waals surface area contributed by atoms with Crippen LogP contribution >= 0.6 is 11.3 Å². The first kappa shape index (κ1) is 15.6. The summed E-state index contributed by atoms with van der Waals surface area (Å²) in [6.45, 7) is 0. The van der Waals surface area contributed by atoms with Crippen molar-refractivity contribution in [2.24, 2.45) is 0 Å². The molecule has 0 spiro atoms. The molecule has 2 aliphatic carbocycles. The first-order valence-electron chi connectivity index (χ1n) is 8.53. The molecule has 0 radical (unpaired) electrons. The van der Waals surface area contributed by atoms with Crippen LogP contribution in [0.15, 0.2) is 18.2 Å². The zero-order chi connectivity index (χ0) is 16.5. The summed E-state index contributed by atoms with van der Waals surface area (Å²) in [5.41, 5.74) is 2.60. The summed E-state index contributed by atoms with van der Waals surface area (Å²) in [6.07, 6.45) is 6.12.